The maximum Gasteiger partial charge on any atom is 0.306 e. The van der Waals surface area contributed by atoms with E-state index in [0.717, 1.165) is 24.2 Å². The molecule has 0 amide bonds. The van der Waals surface area contributed by atoms with E-state index in [4.69, 9.17) is 21.4 Å². The highest BCUT2D eigenvalue weighted by Gasteiger charge is 2.27. The number of carboxylic acid groups (broad SMARTS) is 1. The number of imidazole rings is 1. The molecule has 162 valence electrons. The van der Waals surface area contributed by atoms with Crippen molar-refractivity contribution in [2.75, 3.05) is 18.0 Å². The molecule has 2 fully saturated rings. The molecule has 7 nitrogen and oxygen atoms in total. The normalized spacial score (nSPS) is 21.5. The minimum absolute atomic E-state index is 0.0377. The number of carboxylic acids is 1. The Morgan fingerprint density at radius 2 is 1.81 bits per heavy atom. The molecule has 1 aromatic carbocycles. The largest absolute Gasteiger partial charge is 0.481 e. The Morgan fingerprint density at radius 3 is 2.48 bits per heavy atom. The monoisotopic (exact) mass is 440 g/mol. The van der Waals surface area contributed by atoms with E-state index in [9.17, 15) is 4.79 Å². The van der Waals surface area contributed by atoms with Crippen LogP contribution in [-0.2, 0) is 4.79 Å². The number of halogens is 1. The van der Waals surface area contributed by atoms with Crippen LogP contribution < -0.4 is 9.64 Å². The first kappa shape index (κ1) is 20.1. The molecule has 1 saturated carbocycles. The quantitative estimate of drug-likeness (QED) is 0.586. The van der Waals surface area contributed by atoms with Crippen molar-refractivity contribution in [3.05, 3.63) is 35.4 Å². The number of nitrogens with one attached hydrogen (secondary N) is 1. The van der Waals surface area contributed by atoms with Crippen molar-refractivity contribution in [1.82, 2.24) is 15.0 Å². The zero-order chi connectivity index (χ0) is 21.4. The number of H-pyrrole nitrogens is 1. The molecule has 3 heterocycles. The Kier molecular flexibility index (Phi) is 5.44. The first-order valence-electron chi connectivity index (χ1n) is 10.9. The van der Waals surface area contributed by atoms with E-state index in [2.05, 4.69) is 44.1 Å². The Bertz CT molecular complexity index is 1080. The number of nitrogens with zero attached hydrogens (tertiary/aromatic N) is 3. The highest BCUT2D eigenvalue weighted by atomic mass is 35.5. The lowest BCUT2D eigenvalue weighted by atomic mass is 9.87. The summed E-state index contributed by atoms with van der Waals surface area (Å²) in [5, 5.41) is 9.70. The van der Waals surface area contributed by atoms with Crippen LogP contribution in [-0.4, -0.2) is 45.2 Å². The van der Waals surface area contributed by atoms with Gasteiger partial charge in [0.1, 0.15) is 6.10 Å². The number of aromatic amines is 1. The van der Waals surface area contributed by atoms with Crippen LogP contribution in [0, 0.1) is 5.92 Å². The van der Waals surface area contributed by atoms with E-state index >= 15 is 0 Å². The molecular weight excluding hydrogens is 416 g/mol. The molecular formula is C23H25ClN4O3. The Balaban J connectivity index is 1.33. The van der Waals surface area contributed by atoms with Crippen molar-refractivity contribution in [2.45, 2.75) is 44.6 Å². The van der Waals surface area contributed by atoms with Crippen LogP contribution in [0.1, 0.15) is 38.5 Å². The fourth-order valence-electron chi connectivity index (χ4n) is 4.54. The van der Waals surface area contributed by atoms with Gasteiger partial charge in [-0.15, -0.1) is 0 Å². The van der Waals surface area contributed by atoms with Gasteiger partial charge in [0, 0.05) is 24.3 Å². The van der Waals surface area contributed by atoms with Gasteiger partial charge in [0.15, 0.2) is 5.65 Å². The second kappa shape index (κ2) is 8.38. The predicted octanol–water partition coefficient (Wildman–Crippen LogP) is 4.90. The molecule has 5 rings (SSSR count). The van der Waals surface area contributed by atoms with Gasteiger partial charge in [-0.3, -0.25) is 4.79 Å². The fraction of sp³-hybridized carbons (Fsp3) is 0.435. The number of aliphatic carboxylic acids is 1. The highest BCUT2D eigenvalue weighted by Crippen LogP contribution is 2.32. The Morgan fingerprint density at radius 1 is 1.10 bits per heavy atom. The van der Waals surface area contributed by atoms with Crippen LogP contribution in [0.15, 0.2) is 30.3 Å². The third kappa shape index (κ3) is 4.19. The summed E-state index contributed by atoms with van der Waals surface area (Å²) in [5.74, 6) is -0.988. The molecule has 0 bridgehead atoms. The minimum Gasteiger partial charge on any atom is -0.481 e. The average Bonchev–Trinajstić information content (AvgIpc) is 3.43. The number of carbonyl (C=O) groups is 1. The number of pyridine rings is 1. The smallest absolute Gasteiger partial charge is 0.306 e. The number of rotatable bonds is 5. The van der Waals surface area contributed by atoms with Crippen LogP contribution in [0.3, 0.4) is 0 Å². The van der Waals surface area contributed by atoms with E-state index < -0.39 is 5.97 Å². The molecule has 1 aliphatic carbocycles. The zero-order valence-electron chi connectivity index (χ0n) is 17.2. The maximum absolute atomic E-state index is 11.1. The number of anilines is 1. The van der Waals surface area contributed by atoms with E-state index in [-0.39, 0.29) is 12.0 Å². The number of benzene rings is 1. The van der Waals surface area contributed by atoms with Crippen molar-refractivity contribution < 1.29 is 14.6 Å². The first-order valence-corrected chi connectivity index (χ1v) is 11.3. The summed E-state index contributed by atoms with van der Waals surface area (Å²) in [6.45, 7) is 2.22. The van der Waals surface area contributed by atoms with Gasteiger partial charge in [0.2, 0.25) is 0 Å². The van der Waals surface area contributed by atoms with Crippen LogP contribution in [0.2, 0.25) is 5.02 Å². The molecule has 1 saturated heterocycles. The Labute approximate surface area is 185 Å². The molecule has 0 spiro atoms. The molecule has 0 atom stereocenters. The Hall–Kier alpha value is -2.80. The maximum atomic E-state index is 11.1. The van der Waals surface area contributed by atoms with Gasteiger partial charge in [-0.1, -0.05) is 23.7 Å². The van der Waals surface area contributed by atoms with Crippen molar-refractivity contribution >= 4 is 34.4 Å². The SMILES string of the molecule is O=C(O)C1CCC(Oc2nc3nc(-c4ccc(N5CCCC5)cc4)c(Cl)cc3[nH]2)CC1. The lowest BCUT2D eigenvalue weighted by Gasteiger charge is -2.25. The van der Waals surface area contributed by atoms with Crippen molar-refractivity contribution in [3.63, 3.8) is 0 Å². The molecule has 31 heavy (non-hydrogen) atoms. The summed E-state index contributed by atoms with van der Waals surface area (Å²) in [6, 6.07) is 10.6. The summed E-state index contributed by atoms with van der Waals surface area (Å²) >= 11 is 6.53. The van der Waals surface area contributed by atoms with Gasteiger partial charge < -0.3 is 19.7 Å². The summed E-state index contributed by atoms with van der Waals surface area (Å²) < 4.78 is 5.98. The van der Waals surface area contributed by atoms with Gasteiger partial charge >= 0.3 is 5.97 Å². The number of ether oxygens (including phenoxy) is 1. The van der Waals surface area contributed by atoms with Crippen LogP contribution in [0.5, 0.6) is 6.01 Å². The summed E-state index contributed by atoms with van der Waals surface area (Å²) in [6.07, 6.45) is 5.12. The van der Waals surface area contributed by atoms with Crippen molar-refractivity contribution in [3.8, 4) is 17.3 Å². The van der Waals surface area contributed by atoms with Crippen molar-refractivity contribution in [2.24, 2.45) is 5.92 Å². The first-order chi connectivity index (χ1) is 15.1. The number of hydrogen-bond acceptors (Lipinski definition) is 5. The van der Waals surface area contributed by atoms with Gasteiger partial charge in [-0.25, -0.2) is 4.98 Å². The van der Waals surface area contributed by atoms with Crippen molar-refractivity contribution in [1.29, 1.82) is 0 Å². The standard InChI is InChI=1S/C23H25ClN4O3/c24-18-13-19-21(27-23(25-19)31-17-9-5-15(6-10-17)22(29)30)26-20(18)14-3-7-16(8-4-14)28-11-1-2-12-28/h3-4,7-8,13,15,17H,1-2,5-6,9-12H2,(H,29,30)(H,25,26,27). The second-order valence-corrected chi connectivity index (χ2v) is 8.81. The summed E-state index contributed by atoms with van der Waals surface area (Å²) in [5.41, 5.74) is 4.15. The molecule has 2 N–H and O–H groups in total. The minimum atomic E-state index is -0.720. The topological polar surface area (TPSA) is 91.3 Å². The molecule has 8 heteroatoms. The lowest BCUT2D eigenvalue weighted by Crippen LogP contribution is -2.28. The third-order valence-corrected chi connectivity index (χ3v) is 6.61. The highest BCUT2D eigenvalue weighted by molar-refractivity contribution is 6.33. The van der Waals surface area contributed by atoms with E-state index in [1.165, 1.54) is 18.5 Å². The van der Waals surface area contributed by atoms with Crippen LogP contribution >= 0.6 is 11.6 Å². The molecule has 1 aliphatic heterocycles. The second-order valence-electron chi connectivity index (χ2n) is 8.40. The molecule has 2 aromatic heterocycles. The third-order valence-electron chi connectivity index (χ3n) is 6.32. The molecule has 2 aliphatic rings. The van der Waals surface area contributed by atoms with Crippen LogP contribution in [0.25, 0.3) is 22.4 Å². The van der Waals surface area contributed by atoms with E-state index in [1.54, 1.807) is 0 Å². The predicted molar refractivity (Wildman–Crippen MR) is 120 cm³/mol. The van der Waals surface area contributed by atoms with E-state index in [1.807, 2.05) is 6.07 Å². The molecule has 3 aromatic rings. The molecule has 0 radical (unpaired) electrons. The zero-order valence-corrected chi connectivity index (χ0v) is 17.9. The number of aromatic nitrogens is 3. The summed E-state index contributed by atoms with van der Waals surface area (Å²) in [4.78, 5) is 25.8. The fourth-order valence-corrected chi connectivity index (χ4v) is 4.81. The number of hydrogen-bond donors (Lipinski definition) is 2. The van der Waals surface area contributed by atoms with Gasteiger partial charge in [0.25, 0.3) is 6.01 Å². The summed E-state index contributed by atoms with van der Waals surface area (Å²) in [7, 11) is 0. The molecule has 0 unspecified atom stereocenters. The van der Waals surface area contributed by atoms with Gasteiger partial charge in [-0.05, 0) is 56.7 Å². The van der Waals surface area contributed by atoms with E-state index in [0.29, 0.717) is 48.1 Å². The van der Waals surface area contributed by atoms with Gasteiger partial charge in [-0.2, -0.15) is 4.98 Å². The average molecular weight is 441 g/mol. The number of fused-ring (bicyclic) bond motifs is 1. The lowest BCUT2D eigenvalue weighted by molar-refractivity contribution is -0.143. The van der Waals surface area contributed by atoms with Crippen LogP contribution in [0.4, 0.5) is 5.69 Å². The van der Waals surface area contributed by atoms with Gasteiger partial charge in [0.05, 0.1) is 22.2 Å².